The van der Waals surface area contributed by atoms with Gasteiger partial charge in [-0.05, 0) is 41.8 Å². The number of thiophene rings is 1. The SMILES string of the molecule is Cc1cscc1C(F)CCN. The van der Waals surface area contributed by atoms with Crippen molar-refractivity contribution in [3.8, 4) is 0 Å². The molecule has 11 heavy (non-hydrogen) atoms. The molecule has 0 radical (unpaired) electrons. The third-order valence-corrected chi connectivity index (χ3v) is 2.53. The van der Waals surface area contributed by atoms with Crippen molar-refractivity contribution in [1.82, 2.24) is 0 Å². The molecule has 1 aromatic heterocycles. The van der Waals surface area contributed by atoms with E-state index in [1.165, 1.54) is 11.3 Å². The van der Waals surface area contributed by atoms with E-state index < -0.39 is 6.17 Å². The first-order valence-corrected chi connectivity index (χ1v) is 4.56. The highest BCUT2D eigenvalue weighted by atomic mass is 32.1. The van der Waals surface area contributed by atoms with Crippen LogP contribution in [-0.4, -0.2) is 6.54 Å². The summed E-state index contributed by atoms with van der Waals surface area (Å²) in [4.78, 5) is 0. The van der Waals surface area contributed by atoms with E-state index >= 15 is 0 Å². The maximum absolute atomic E-state index is 13.2. The average Bonchev–Trinajstić information content (AvgIpc) is 2.36. The summed E-state index contributed by atoms with van der Waals surface area (Å²) in [6.07, 6.45) is -0.441. The smallest absolute Gasteiger partial charge is 0.127 e. The summed E-state index contributed by atoms with van der Waals surface area (Å²) in [6, 6.07) is 0. The summed E-state index contributed by atoms with van der Waals surface area (Å²) in [5.41, 5.74) is 7.09. The van der Waals surface area contributed by atoms with E-state index in [0.717, 1.165) is 11.1 Å². The predicted octanol–water partition coefficient (Wildman–Crippen LogP) is 2.42. The molecule has 1 rings (SSSR count). The molecule has 1 nitrogen and oxygen atoms in total. The Hall–Kier alpha value is -0.410. The van der Waals surface area contributed by atoms with E-state index in [0.29, 0.717) is 13.0 Å². The van der Waals surface area contributed by atoms with Gasteiger partial charge in [-0.1, -0.05) is 0 Å². The summed E-state index contributed by atoms with van der Waals surface area (Å²) in [7, 11) is 0. The molecule has 0 bridgehead atoms. The number of hydrogen-bond acceptors (Lipinski definition) is 2. The highest BCUT2D eigenvalue weighted by Crippen LogP contribution is 2.26. The molecule has 0 aromatic carbocycles. The third kappa shape index (κ3) is 2.01. The Balaban J connectivity index is 2.67. The summed E-state index contributed by atoms with van der Waals surface area (Å²) in [6.45, 7) is 2.34. The van der Waals surface area contributed by atoms with Crippen molar-refractivity contribution in [1.29, 1.82) is 0 Å². The van der Waals surface area contributed by atoms with Crippen LogP contribution < -0.4 is 5.73 Å². The average molecular weight is 173 g/mol. The van der Waals surface area contributed by atoms with Crippen LogP contribution in [0.25, 0.3) is 0 Å². The Morgan fingerprint density at radius 3 is 2.82 bits per heavy atom. The molecule has 62 valence electrons. The van der Waals surface area contributed by atoms with Crippen LogP contribution in [0, 0.1) is 6.92 Å². The van der Waals surface area contributed by atoms with Crippen LogP contribution in [0.15, 0.2) is 10.8 Å². The van der Waals surface area contributed by atoms with Gasteiger partial charge in [0.1, 0.15) is 6.17 Å². The fourth-order valence-electron chi connectivity index (χ4n) is 0.993. The van der Waals surface area contributed by atoms with Crippen molar-refractivity contribution in [3.63, 3.8) is 0 Å². The van der Waals surface area contributed by atoms with Gasteiger partial charge < -0.3 is 5.73 Å². The largest absolute Gasteiger partial charge is 0.330 e. The molecular formula is C8H12FNS. The first kappa shape index (κ1) is 8.68. The van der Waals surface area contributed by atoms with Gasteiger partial charge in [-0.25, -0.2) is 4.39 Å². The molecule has 0 aliphatic heterocycles. The number of rotatable bonds is 3. The summed E-state index contributed by atoms with van der Waals surface area (Å²) in [5.74, 6) is 0. The van der Waals surface area contributed by atoms with Crippen LogP contribution in [0.5, 0.6) is 0 Å². The molecule has 1 aromatic rings. The Kier molecular flexibility index (Phi) is 3.02. The predicted molar refractivity (Wildman–Crippen MR) is 46.6 cm³/mol. The zero-order chi connectivity index (χ0) is 8.27. The lowest BCUT2D eigenvalue weighted by molar-refractivity contribution is 0.327. The van der Waals surface area contributed by atoms with Crippen molar-refractivity contribution in [2.24, 2.45) is 5.73 Å². The van der Waals surface area contributed by atoms with Crippen LogP contribution in [0.4, 0.5) is 4.39 Å². The van der Waals surface area contributed by atoms with Crippen molar-refractivity contribution in [2.45, 2.75) is 19.5 Å². The van der Waals surface area contributed by atoms with Gasteiger partial charge in [0.2, 0.25) is 0 Å². The number of aryl methyl sites for hydroxylation is 1. The van der Waals surface area contributed by atoms with E-state index in [1.54, 1.807) is 0 Å². The molecule has 0 aliphatic rings. The molecule has 0 amide bonds. The van der Waals surface area contributed by atoms with E-state index in [4.69, 9.17) is 5.73 Å². The maximum Gasteiger partial charge on any atom is 0.127 e. The number of halogens is 1. The lowest BCUT2D eigenvalue weighted by Gasteiger charge is -2.04. The molecule has 3 heteroatoms. The second-order valence-electron chi connectivity index (χ2n) is 2.56. The lowest BCUT2D eigenvalue weighted by atomic mass is 10.1. The van der Waals surface area contributed by atoms with Crippen LogP contribution in [0.2, 0.25) is 0 Å². The number of alkyl halides is 1. The van der Waals surface area contributed by atoms with E-state index in [2.05, 4.69) is 0 Å². The molecular weight excluding hydrogens is 161 g/mol. The normalized spacial score (nSPS) is 13.4. The molecule has 1 atom stereocenters. The monoisotopic (exact) mass is 173 g/mol. The van der Waals surface area contributed by atoms with Gasteiger partial charge in [-0.2, -0.15) is 11.3 Å². The van der Waals surface area contributed by atoms with Gasteiger partial charge in [0.15, 0.2) is 0 Å². The Bertz CT molecular complexity index is 222. The lowest BCUT2D eigenvalue weighted by Crippen LogP contribution is -2.03. The second-order valence-corrected chi connectivity index (χ2v) is 3.30. The Labute approximate surface area is 70.0 Å². The fourth-order valence-corrected chi connectivity index (χ4v) is 1.88. The molecule has 0 fully saturated rings. The molecule has 0 aliphatic carbocycles. The Morgan fingerprint density at radius 2 is 2.36 bits per heavy atom. The molecule has 2 N–H and O–H groups in total. The maximum atomic E-state index is 13.2. The first-order chi connectivity index (χ1) is 5.25. The van der Waals surface area contributed by atoms with Crippen LogP contribution in [-0.2, 0) is 0 Å². The molecule has 0 spiro atoms. The molecule has 0 saturated carbocycles. The van der Waals surface area contributed by atoms with Crippen LogP contribution in [0.3, 0.4) is 0 Å². The van der Waals surface area contributed by atoms with Gasteiger partial charge in [0.25, 0.3) is 0 Å². The van der Waals surface area contributed by atoms with Gasteiger partial charge in [0, 0.05) is 0 Å². The molecule has 1 unspecified atom stereocenters. The van der Waals surface area contributed by atoms with Crippen LogP contribution >= 0.6 is 11.3 Å². The Morgan fingerprint density at radius 1 is 1.64 bits per heavy atom. The zero-order valence-electron chi connectivity index (χ0n) is 6.51. The zero-order valence-corrected chi connectivity index (χ0v) is 7.33. The first-order valence-electron chi connectivity index (χ1n) is 3.62. The van der Waals surface area contributed by atoms with Gasteiger partial charge in [-0.3, -0.25) is 0 Å². The number of hydrogen-bond donors (Lipinski definition) is 1. The highest BCUT2D eigenvalue weighted by Gasteiger charge is 2.11. The van der Waals surface area contributed by atoms with E-state index in [-0.39, 0.29) is 0 Å². The quantitative estimate of drug-likeness (QED) is 0.746. The summed E-state index contributed by atoms with van der Waals surface area (Å²) < 4.78 is 13.2. The van der Waals surface area contributed by atoms with Crippen molar-refractivity contribution >= 4 is 11.3 Å². The topological polar surface area (TPSA) is 26.0 Å². The van der Waals surface area contributed by atoms with Crippen molar-refractivity contribution in [3.05, 3.63) is 21.9 Å². The number of nitrogens with two attached hydrogens (primary N) is 1. The van der Waals surface area contributed by atoms with E-state index in [9.17, 15) is 4.39 Å². The standard InChI is InChI=1S/C8H12FNS/c1-6-4-11-5-7(6)8(9)2-3-10/h4-5,8H,2-3,10H2,1H3. The van der Waals surface area contributed by atoms with Crippen LogP contribution in [0.1, 0.15) is 23.7 Å². The van der Waals surface area contributed by atoms with Crippen molar-refractivity contribution < 1.29 is 4.39 Å². The fraction of sp³-hybridized carbons (Fsp3) is 0.500. The van der Waals surface area contributed by atoms with Gasteiger partial charge in [-0.15, -0.1) is 0 Å². The van der Waals surface area contributed by atoms with Crippen molar-refractivity contribution in [2.75, 3.05) is 6.54 Å². The van der Waals surface area contributed by atoms with E-state index in [1.807, 2.05) is 17.7 Å². The minimum Gasteiger partial charge on any atom is -0.330 e. The molecule has 1 heterocycles. The summed E-state index contributed by atoms with van der Waals surface area (Å²) >= 11 is 1.54. The third-order valence-electron chi connectivity index (χ3n) is 1.65. The van der Waals surface area contributed by atoms with Gasteiger partial charge in [0.05, 0.1) is 0 Å². The summed E-state index contributed by atoms with van der Waals surface area (Å²) in [5, 5.41) is 3.81. The highest BCUT2D eigenvalue weighted by molar-refractivity contribution is 7.08. The second kappa shape index (κ2) is 3.83. The molecule has 0 saturated heterocycles. The van der Waals surface area contributed by atoms with Gasteiger partial charge >= 0.3 is 0 Å². The minimum atomic E-state index is -0.869. The minimum absolute atomic E-state index is 0.413.